The molecule has 0 saturated carbocycles. The molecule has 0 N–H and O–H groups in total. The number of hydrogen-bond acceptors (Lipinski definition) is 7. The highest BCUT2D eigenvalue weighted by Gasteiger charge is 2.48. The van der Waals surface area contributed by atoms with E-state index in [-0.39, 0.29) is 16.3 Å². The number of alkyl halides is 3. The van der Waals surface area contributed by atoms with Gasteiger partial charge in [0.15, 0.2) is 5.43 Å². The number of fused-ring (bicyclic) bond motifs is 1. The molecule has 3 aromatic rings. The van der Waals surface area contributed by atoms with Crippen LogP contribution in [0, 0.1) is 0 Å². The average Bonchev–Trinajstić information content (AvgIpc) is 3.26. The van der Waals surface area contributed by atoms with E-state index in [1.807, 2.05) is 20.2 Å². The molecule has 1 saturated heterocycles. The Morgan fingerprint density at radius 2 is 1.91 bits per heavy atom. The van der Waals surface area contributed by atoms with Gasteiger partial charge >= 0.3 is 15.6 Å². The topological polar surface area (TPSA) is 84.7 Å². The maximum atomic E-state index is 13.1. The number of hydrogen-bond donors (Lipinski definition) is 0. The molecule has 2 aromatic heterocycles. The summed E-state index contributed by atoms with van der Waals surface area (Å²) in [7, 11) is -0.125. The highest BCUT2D eigenvalue weighted by atomic mass is 32.2. The molecule has 34 heavy (non-hydrogen) atoms. The van der Waals surface area contributed by atoms with Gasteiger partial charge in [-0.2, -0.15) is 21.6 Å². The van der Waals surface area contributed by atoms with Crippen LogP contribution in [0.2, 0.25) is 0 Å². The van der Waals surface area contributed by atoms with E-state index in [0.29, 0.717) is 17.2 Å². The lowest BCUT2D eigenvalue weighted by molar-refractivity contribution is -0.0500. The Hall–Kier alpha value is -3.12. The van der Waals surface area contributed by atoms with Crippen LogP contribution in [0.3, 0.4) is 0 Å². The zero-order valence-electron chi connectivity index (χ0n) is 18.7. The minimum atomic E-state index is -5.82. The van der Waals surface area contributed by atoms with Crippen molar-refractivity contribution in [3.05, 3.63) is 52.9 Å². The van der Waals surface area contributed by atoms with Gasteiger partial charge in [0.1, 0.15) is 11.6 Å². The van der Waals surface area contributed by atoms with Crippen molar-refractivity contribution < 1.29 is 25.8 Å². The number of halogens is 3. The van der Waals surface area contributed by atoms with Gasteiger partial charge in [-0.25, -0.2) is 4.98 Å². The lowest BCUT2D eigenvalue weighted by atomic mass is 10.1. The Kier molecular flexibility index (Phi) is 6.06. The number of aryl methyl sites for hydroxylation is 1. The Morgan fingerprint density at radius 1 is 1.18 bits per heavy atom. The van der Waals surface area contributed by atoms with Crippen LogP contribution in [0.1, 0.15) is 6.42 Å². The quantitative estimate of drug-likeness (QED) is 0.397. The summed E-state index contributed by atoms with van der Waals surface area (Å²) in [6.45, 7) is 1.76. The second kappa shape index (κ2) is 8.58. The summed E-state index contributed by atoms with van der Waals surface area (Å²) in [6, 6.07) is 7.47. The third kappa shape index (κ3) is 4.47. The van der Waals surface area contributed by atoms with E-state index in [1.54, 1.807) is 19.3 Å². The molecule has 1 aliphatic heterocycles. The van der Waals surface area contributed by atoms with E-state index in [0.717, 1.165) is 37.5 Å². The SMILES string of the molecule is CN(C)C1CCN(c2ccc(-c3cn(C)c4cc(OS(=O)(=O)C(F)(F)F)ccc4c3=O)cn2)C1. The van der Waals surface area contributed by atoms with Crippen molar-refractivity contribution in [3.63, 3.8) is 0 Å². The van der Waals surface area contributed by atoms with E-state index in [9.17, 15) is 26.4 Å². The van der Waals surface area contributed by atoms with E-state index < -0.39 is 21.4 Å². The normalized spacial score (nSPS) is 17.0. The van der Waals surface area contributed by atoms with Crippen LogP contribution in [0.25, 0.3) is 22.0 Å². The summed E-state index contributed by atoms with van der Waals surface area (Å²) in [4.78, 5) is 22.0. The lowest BCUT2D eigenvalue weighted by Gasteiger charge is -2.21. The molecule has 0 bridgehead atoms. The van der Waals surface area contributed by atoms with Crippen molar-refractivity contribution in [3.8, 4) is 16.9 Å². The Morgan fingerprint density at radius 3 is 2.50 bits per heavy atom. The first-order chi connectivity index (χ1) is 15.9. The van der Waals surface area contributed by atoms with Crippen LogP contribution in [-0.4, -0.2) is 61.6 Å². The number of nitrogens with zero attached hydrogens (tertiary/aromatic N) is 4. The predicted molar refractivity (Wildman–Crippen MR) is 122 cm³/mol. The maximum absolute atomic E-state index is 13.1. The predicted octanol–water partition coefficient (Wildman–Crippen LogP) is 2.97. The van der Waals surface area contributed by atoms with Crippen molar-refractivity contribution in [2.75, 3.05) is 32.1 Å². The molecule has 0 radical (unpaired) electrons. The fourth-order valence-electron chi connectivity index (χ4n) is 4.00. The highest BCUT2D eigenvalue weighted by Crippen LogP contribution is 2.29. The number of likely N-dealkylation sites (N-methyl/N-ethyl adjacent to an activating group) is 1. The Bertz CT molecular complexity index is 1390. The van der Waals surface area contributed by atoms with E-state index in [2.05, 4.69) is 19.0 Å². The largest absolute Gasteiger partial charge is 0.534 e. The molecular formula is C22H23F3N4O4S. The third-order valence-electron chi connectivity index (χ3n) is 5.93. The van der Waals surface area contributed by atoms with Crippen molar-refractivity contribution in [1.82, 2.24) is 14.5 Å². The first-order valence-electron chi connectivity index (χ1n) is 10.4. The fourth-order valence-corrected chi connectivity index (χ4v) is 4.45. The van der Waals surface area contributed by atoms with Crippen LogP contribution in [0.4, 0.5) is 19.0 Å². The van der Waals surface area contributed by atoms with Gasteiger partial charge < -0.3 is 18.6 Å². The molecule has 8 nitrogen and oxygen atoms in total. The summed E-state index contributed by atoms with van der Waals surface area (Å²) in [5.74, 6) is 0.276. The number of anilines is 1. The molecule has 1 aromatic carbocycles. The van der Waals surface area contributed by atoms with Gasteiger partial charge in [-0.05, 0) is 44.8 Å². The fraction of sp³-hybridized carbons (Fsp3) is 0.364. The van der Waals surface area contributed by atoms with Crippen LogP contribution >= 0.6 is 0 Å². The Labute approximate surface area is 194 Å². The average molecular weight is 497 g/mol. The van der Waals surface area contributed by atoms with Crippen LogP contribution < -0.4 is 14.5 Å². The van der Waals surface area contributed by atoms with Gasteiger partial charge in [-0.15, -0.1) is 0 Å². The summed E-state index contributed by atoms with van der Waals surface area (Å²) < 4.78 is 66.2. The first-order valence-corrected chi connectivity index (χ1v) is 11.8. The molecule has 182 valence electrons. The summed E-state index contributed by atoms with van der Waals surface area (Å²) >= 11 is 0. The number of pyridine rings is 2. The van der Waals surface area contributed by atoms with Crippen molar-refractivity contribution in [2.24, 2.45) is 7.05 Å². The highest BCUT2D eigenvalue weighted by molar-refractivity contribution is 7.88. The molecule has 0 spiro atoms. The minimum absolute atomic E-state index is 0.203. The molecule has 3 heterocycles. The van der Waals surface area contributed by atoms with Gasteiger partial charge in [0.25, 0.3) is 0 Å². The van der Waals surface area contributed by atoms with E-state index in [4.69, 9.17) is 0 Å². The van der Waals surface area contributed by atoms with Crippen molar-refractivity contribution >= 4 is 26.8 Å². The third-order valence-corrected chi connectivity index (χ3v) is 6.91. The lowest BCUT2D eigenvalue weighted by Crippen LogP contribution is -2.31. The van der Waals surface area contributed by atoms with Crippen LogP contribution in [-0.2, 0) is 17.2 Å². The zero-order valence-corrected chi connectivity index (χ0v) is 19.5. The first kappa shape index (κ1) is 24.0. The van der Waals surface area contributed by atoms with E-state index >= 15 is 0 Å². The zero-order chi connectivity index (χ0) is 24.8. The number of aromatic nitrogens is 2. The molecule has 1 atom stereocenters. The molecule has 1 fully saturated rings. The standard InChI is InChI=1S/C22H23F3N4O4S/c1-27(2)15-8-9-29(12-15)20-7-4-14(11-26-20)18-13-28(3)19-10-16(5-6-17(19)21(18)30)33-34(31,32)22(23,24)25/h4-7,10-11,13,15H,8-9,12H2,1-3H3. The molecule has 1 unspecified atom stereocenters. The number of benzene rings is 1. The summed E-state index contributed by atoms with van der Waals surface area (Å²) in [6.07, 6.45) is 4.19. The van der Waals surface area contributed by atoms with Gasteiger partial charge in [-0.1, -0.05) is 0 Å². The van der Waals surface area contributed by atoms with Gasteiger partial charge in [0, 0.05) is 61.2 Å². The maximum Gasteiger partial charge on any atom is 0.534 e. The van der Waals surface area contributed by atoms with E-state index in [1.165, 1.54) is 16.8 Å². The summed E-state index contributed by atoms with van der Waals surface area (Å²) in [5.41, 5.74) is -4.74. The molecule has 4 rings (SSSR count). The summed E-state index contributed by atoms with van der Waals surface area (Å²) in [5, 5.41) is 0.203. The Balaban J connectivity index is 1.64. The van der Waals surface area contributed by atoms with Crippen molar-refractivity contribution in [1.29, 1.82) is 0 Å². The van der Waals surface area contributed by atoms with Crippen molar-refractivity contribution in [2.45, 2.75) is 18.0 Å². The van der Waals surface area contributed by atoms with Gasteiger partial charge in [0.05, 0.1) is 5.52 Å². The second-order valence-corrected chi connectivity index (χ2v) is 9.94. The molecule has 0 amide bonds. The molecular weight excluding hydrogens is 473 g/mol. The monoisotopic (exact) mass is 496 g/mol. The smallest absolute Gasteiger partial charge is 0.376 e. The van der Waals surface area contributed by atoms with Gasteiger partial charge in [-0.3, -0.25) is 4.79 Å². The van der Waals surface area contributed by atoms with Crippen LogP contribution in [0.5, 0.6) is 5.75 Å². The molecule has 1 aliphatic rings. The van der Waals surface area contributed by atoms with Gasteiger partial charge in [0.2, 0.25) is 0 Å². The second-order valence-electron chi connectivity index (χ2n) is 8.40. The van der Waals surface area contributed by atoms with Crippen LogP contribution in [0.15, 0.2) is 47.5 Å². The number of rotatable bonds is 5. The minimum Gasteiger partial charge on any atom is -0.376 e. The molecule has 12 heteroatoms. The molecule has 0 aliphatic carbocycles.